The Hall–Kier alpha value is 1.11. The molecule has 0 aliphatic heterocycles. The minimum Gasteiger partial charge on any atom is -0.395 e. The van der Waals surface area contributed by atoms with E-state index in [-0.39, 0.29) is 11.5 Å². The molecule has 0 spiro atoms. The first-order valence-electron chi connectivity index (χ1n) is 6.46. The lowest BCUT2D eigenvalue weighted by Gasteiger charge is -2.18. The first-order valence-corrected chi connectivity index (χ1v) is 13.4. The molecule has 11 heteroatoms. The van der Waals surface area contributed by atoms with E-state index < -0.39 is 7.82 Å². The topological polar surface area (TPSA) is 55.8 Å². The molecule has 136 valence electrons. The van der Waals surface area contributed by atoms with E-state index in [1.807, 2.05) is 12.1 Å². The van der Waals surface area contributed by atoms with Crippen molar-refractivity contribution in [3.8, 4) is 11.5 Å². The number of phosphoric acid groups is 1. The number of phosphoric ester groups is 1. The monoisotopic (exact) mass is 746 g/mol. The van der Waals surface area contributed by atoms with Gasteiger partial charge in [-0.1, -0.05) is 95.6 Å². The quantitative estimate of drug-likeness (QED) is 0.240. The molecule has 1 N–H and O–H groups in total. The van der Waals surface area contributed by atoms with Crippen LogP contribution in [-0.2, 0) is 15.2 Å². The highest BCUT2D eigenvalue weighted by Crippen LogP contribution is 2.49. The first-order chi connectivity index (χ1) is 11.7. The summed E-state index contributed by atoms with van der Waals surface area (Å²) in [7, 11) is -4.42. The fourth-order valence-electron chi connectivity index (χ4n) is 1.85. The highest BCUT2D eigenvalue weighted by molar-refractivity contribution is 9.11. The van der Waals surface area contributed by atoms with Crippen LogP contribution in [0.4, 0.5) is 0 Å². The van der Waals surface area contributed by atoms with Crippen LogP contribution in [0.1, 0.15) is 11.1 Å². The van der Waals surface area contributed by atoms with Gasteiger partial charge in [0.15, 0.2) is 0 Å². The average molecular weight is 752 g/mol. The van der Waals surface area contributed by atoms with Crippen LogP contribution in [0.15, 0.2) is 42.2 Å². The van der Waals surface area contributed by atoms with Crippen molar-refractivity contribution in [2.24, 2.45) is 0 Å². The fourth-order valence-corrected chi connectivity index (χ4v) is 7.27. The molecule has 4 nitrogen and oxygen atoms in total. The van der Waals surface area contributed by atoms with Crippen LogP contribution < -0.4 is 9.05 Å². The molecular formula is C14H9Br6O4P. The normalized spacial score (nSPS) is 11.5. The molecule has 0 bridgehead atoms. The van der Waals surface area contributed by atoms with E-state index in [2.05, 4.69) is 95.6 Å². The summed E-state index contributed by atoms with van der Waals surface area (Å²) in [4.78, 5) is 10.2. The second-order valence-electron chi connectivity index (χ2n) is 4.65. The van der Waals surface area contributed by atoms with Gasteiger partial charge in [0.1, 0.15) is 11.5 Å². The van der Waals surface area contributed by atoms with Crippen LogP contribution >= 0.6 is 103 Å². The summed E-state index contributed by atoms with van der Waals surface area (Å²) in [5.74, 6) is 0.469. The van der Waals surface area contributed by atoms with Crippen molar-refractivity contribution in [1.29, 1.82) is 0 Å². The van der Waals surface area contributed by atoms with Gasteiger partial charge in [0.05, 0.1) is 0 Å². The van der Waals surface area contributed by atoms with E-state index in [4.69, 9.17) is 9.05 Å². The lowest BCUT2D eigenvalue weighted by atomic mass is 10.2. The van der Waals surface area contributed by atoms with Crippen LogP contribution in [0.25, 0.3) is 0 Å². The van der Waals surface area contributed by atoms with Crippen molar-refractivity contribution in [3.63, 3.8) is 0 Å². The molecule has 0 atom stereocenters. The Morgan fingerprint density at radius 2 is 1.16 bits per heavy atom. The molecule has 0 aromatic heterocycles. The summed E-state index contributed by atoms with van der Waals surface area (Å²) in [6, 6.07) is 6.85. The van der Waals surface area contributed by atoms with Crippen molar-refractivity contribution < 1.29 is 18.5 Å². The maximum absolute atomic E-state index is 12.6. The number of alkyl halides is 2. The third kappa shape index (κ3) is 6.04. The van der Waals surface area contributed by atoms with Crippen molar-refractivity contribution in [1.82, 2.24) is 0 Å². The predicted molar refractivity (Wildman–Crippen MR) is 120 cm³/mol. The molecule has 0 saturated heterocycles. The third-order valence-corrected chi connectivity index (χ3v) is 7.24. The Bertz CT molecular complexity index is 779. The van der Waals surface area contributed by atoms with Crippen molar-refractivity contribution in [2.45, 2.75) is 10.7 Å². The first kappa shape index (κ1) is 22.4. The molecule has 0 amide bonds. The van der Waals surface area contributed by atoms with Gasteiger partial charge in [-0.15, -0.1) is 0 Å². The van der Waals surface area contributed by atoms with E-state index in [1.165, 1.54) is 0 Å². The molecular weight excluding hydrogens is 743 g/mol. The second-order valence-corrected chi connectivity index (χ2v) is 10.6. The van der Waals surface area contributed by atoms with Crippen molar-refractivity contribution in [3.05, 3.63) is 53.3 Å². The van der Waals surface area contributed by atoms with Gasteiger partial charge in [-0.05, 0) is 24.3 Å². The van der Waals surface area contributed by atoms with E-state index >= 15 is 0 Å². The van der Waals surface area contributed by atoms with Gasteiger partial charge in [0, 0.05) is 39.7 Å². The average Bonchev–Trinajstić information content (AvgIpc) is 2.45. The fraction of sp³-hybridized carbons (Fsp3) is 0.143. The van der Waals surface area contributed by atoms with Gasteiger partial charge in [0.2, 0.25) is 0 Å². The van der Waals surface area contributed by atoms with E-state index in [0.29, 0.717) is 30.7 Å². The number of benzene rings is 2. The zero-order chi connectivity index (χ0) is 18.8. The van der Waals surface area contributed by atoms with Crippen LogP contribution in [0.3, 0.4) is 0 Å². The SMILES string of the molecule is O=P(O)(Oc1cc(Br)cc(Br)c1CBr)Oc1cc(Br)cc(Br)c1CBr. The molecule has 0 unspecified atom stereocenters. The number of hydrogen-bond donors (Lipinski definition) is 1. The highest BCUT2D eigenvalue weighted by Gasteiger charge is 2.29. The minimum absolute atomic E-state index is 0.235. The van der Waals surface area contributed by atoms with Gasteiger partial charge in [-0.25, -0.2) is 4.57 Å². The Balaban J connectivity index is 2.37. The van der Waals surface area contributed by atoms with Gasteiger partial charge < -0.3 is 9.05 Å². The maximum atomic E-state index is 12.6. The molecule has 2 aromatic carbocycles. The molecule has 0 fully saturated rings. The summed E-state index contributed by atoms with van der Waals surface area (Å²) >= 11 is 20.2. The minimum atomic E-state index is -4.42. The van der Waals surface area contributed by atoms with Crippen LogP contribution in [0, 0.1) is 0 Å². The Labute approximate surface area is 195 Å². The van der Waals surface area contributed by atoms with Crippen LogP contribution in [-0.4, -0.2) is 4.89 Å². The summed E-state index contributed by atoms with van der Waals surface area (Å²) in [5.41, 5.74) is 1.38. The van der Waals surface area contributed by atoms with Gasteiger partial charge in [-0.3, -0.25) is 4.89 Å². The van der Waals surface area contributed by atoms with E-state index in [9.17, 15) is 9.46 Å². The van der Waals surface area contributed by atoms with E-state index in [0.717, 1.165) is 8.95 Å². The number of halogens is 6. The Morgan fingerprint density at radius 3 is 1.48 bits per heavy atom. The van der Waals surface area contributed by atoms with E-state index in [1.54, 1.807) is 12.1 Å². The summed E-state index contributed by atoms with van der Waals surface area (Å²) < 4.78 is 26.1. The molecule has 0 aliphatic rings. The molecule has 2 rings (SSSR count). The van der Waals surface area contributed by atoms with Gasteiger partial charge in [0.25, 0.3) is 0 Å². The molecule has 0 saturated carbocycles. The van der Waals surface area contributed by atoms with Gasteiger partial charge in [-0.2, -0.15) is 0 Å². The smallest absolute Gasteiger partial charge is 0.395 e. The summed E-state index contributed by atoms with van der Waals surface area (Å²) in [6.45, 7) is 0. The Kier molecular flexibility index (Phi) is 8.55. The highest BCUT2D eigenvalue weighted by atomic mass is 79.9. The zero-order valence-corrected chi connectivity index (χ0v) is 22.5. The summed E-state index contributed by atoms with van der Waals surface area (Å²) in [5, 5.41) is 0.872. The Morgan fingerprint density at radius 1 is 0.800 bits per heavy atom. The zero-order valence-electron chi connectivity index (χ0n) is 12.1. The molecule has 2 aromatic rings. The lowest BCUT2D eigenvalue weighted by Crippen LogP contribution is -2.03. The standard InChI is InChI=1S/C14H9Br6O4P/c15-5-9-11(19)1-7(17)3-13(9)23-25(21,22)24-14-4-8(18)2-12(20)10(14)6-16/h1-4H,5-6H2,(H,21,22). The van der Waals surface area contributed by atoms with Crippen molar-refractivity contribution >= 4 is 103 Å². The molecule has 0 heterocycles. The summed E-state index contributed by atoms with van der Waals surface area (Å²) in [6.07, 6.45) is 0. The largest absolute Gasteiger partial charge is 0.584 e. The predicted octanol–water partition coefficient (Wildman–Crippen LogP) is 8.08. The molecule has 25 heavy (non-hydrogen) atoms. The maximum Gasteiger partial charge on any atom is 0.584 e. The van der Waals surface area contributed by atoms with Crippen LogP contribution in [0.2, 0.25) is 0 Å². The molecule has 0 aliphatic carbocycles. The third-order valence-electron chi connectivity index (χ3n) is 2.93. The number of hydrogen-bond acceptors (Lipinski definition) is 3. The lowest BCUT2D eigenvalue weighted by molar-refractivity contribution is 0.289. The molecule has 0 radical (unpaired) electrons. The second kappa shape index (κ2) is 9.54. The van der Waals surface area contributed by atoms with Crippen LogP contribution in [0.5, 0.6) is 11.5 Å². The van der Waals surface area contributed by atoms with Gasteiger partial charge >= 0.3 is 7.82 Å². The van der Waals surface area contributed by atoms with Crippen molar-refractivity contribution in [2.75, 3.05) is 0 Å². The number of rotatable bonds is 6.